The van der Waals surface area contributed by atoms with Crippen molar-refractivity contribution < 1.29 is 59.6 Å². The van der Waals surface area contributed by atoms with Gasteiger partial charge in [-0.05, 0) is 33.1 Å². The van der Waals surface area contributed by atoms with Gasteiger partial charge < -0.3 is 19.9 Å². The van der Waals surface area contributed by atoms with Crippen molar-refractivity contribution in [3.8, 4) is 0 Å². The molecule has 2 N–H and O–H groups in total. The molecule has 0 bridgehead atoms. The SMILES string of the molecule is [2H]C([2H])(CCS(=O)(=O)[O-])NC(=O)C(NC(=O)OC(C)(C)C)C(C)C.[Na+]. The molecule has 10 heteroatoms. The van der Waals surface area contributed by atoms with E-state index in [0.717, 1.165) is 0 Å². The van der Waals surface area contributed by atoms with Crippen LogP contribution in [0, 0.1) is 5.92 Å². The molecule has 0 saturated carbocycles. The summed E-state index contributed by atoms with van der Waals surface area (Å²) in [6.07, 6.45) is -1.53. The number of ether oxygens (including phenoxy) is 1. The molecule has 1 atom stereocenters. The standard InChI is InChI=1S/C13H26N2O6S.Na/c1-9(2)10(15-12(17)21-13(3,4)5)11(16)14-7-6-8-22(18,19)20;/h9-10H,6-8H2,1-5H3,(H,14,16)(H,15,17)(H,18,19,20);/q;+1/p-1/i7D2;. The number of alkyl carbamates (subject to hydrolysis) is 1. The number of nitrogens with one attached hydrogen (secondary N) is 2. The average molecular weight is 362 g/mol. The first-order valence-corrected chi connectivity index (χ1v) is 8.35. The van der Waals surface area contributed by atoms with Crippen LogP contribution >= 0.6 is 0 Å². The number of rotatable bonds is 7. The van der Waals surface area contributed by atoms with Crippen molar-refractivity contribution in [1.82, 2.24) is 10.6 Å². The van der Waals surface area contributed by atoms with E-state index < -0.39 is 52.4 Å². The van der Waals surface area contributed by atoms with Crippen molar-refractivity contribution in [2.75, 3.05) is 12.2 Å². The van der Waals surface area contributed by atoms with E-state index in [9.17, 15) is 22.6 Å². The van der Waals surface area contributed by atoms with E-state index in [1.54, 1.807) is 34.6 Å². The summed E-state index contributed by atoms with van der Waals surface area (Å²) in [5.74, 6) is -2.17. The second-order valence-electron chi connectivity index (χ2n) is 6.05. The van der Waals surface area contributed by atoms with Crippen LogP contribution in [0.4, 0.5) is 4.79 Å². The van der Waals surface area contributed by atoms with Crippen LogP contribution in [0.25, 0.3) is 0 Å². The second-order valence-corrected chi connectivity index (χ2v) is 7.57. The van der Waals surface area contributed by atoms with E-state index >= 15 is 0 Å². The summed E-state index contributed by atoms with van der Waals surface area (Å²) in [5.41, 5.74) is -0.765. The third kappa shape index (κ3) is 13.8. The van der Waals surface area contributed by atoms with Gasteiger partial charge in [0.05, 0.1) is 10.1 Å². The molecule has 0 radical (unpaired) electrons. The minimum absolute atomic E-state index is 0. The number of hydrogen-bond donors (Lipinski definition) is 2. The Morgan fingerprint density at radius 2 is 1.83 bits per heavy atom. The quantitative estimate of drug-likeness (QED) is 0.384. The molecule has 0 aromatic carbocycles. The Kier molecular flexibility index (Phi) is 9.45. The first-order chi connectivity index (χ1) is 10.5. The smallest absolute Gasteiger partial charge is 0.748 e. The first-order valence-electron chi connectivity index (χ1n) is 7.77. The molecule has 0 spiro atoms. The minimum Gasteiger partial charge on any atom is -0.748 e. The van der Waals surface area contributed by atoms with E-state index in [4.69, 9.17) is 7.48 Å². The summed E-state index contributed by atoms with van der Waals surface area (Å²) in [7, 11) is -4.60. The van der Waals surface area contributed by atoms with Crippen molar-refractivity contribution in [3.05, 3.63) is 0 Å². The third-order valence-corrected chi connectivity index (χ3v) is 3.01. The summed E-state index contributed by atoms with van der Waals surface area (Å²) in [4.78, 5) is 24.0. The zero-order valence-corrected chi connectivity index (χ0v) is 17.2. The maximum Gasteiger partial charge on any atom is 1.00 e. The number of carbonyl (C=O) groups is 2. The zero-order chi connectivity index (χ0) is 19.3. The normalized spacial score (nSPS) is 14.9. The Bertz CT molecular complexity index is 563. The Morgan fingerprint density at radius 3 is 2.22 bits per heavy atom. The molecule has 0 saturated heterocycles. The van der Waals surface area contributed by atoms with Crippen LogP contribution in [0.5, 0.6) is 0 Å². The van der Waals surface area contributed by atoms with Gasteiger partial charge in [-0.25, -0.2) is 13.2 Å². The summed E-state index contributed by atoms with van der Waals surface area (Å²) >= 11 is 0. The molecule has 0 aromatic heterocycles. The molecule has 1 unspecified atom stereocenters. The topological polar surface area (TPSA) is 125 Å². The predicted molar refractivity (Wildman–Crippen MR) is 80.2 cm³/mol. The van der Waals surface area contributed by atoms with Gasteiger partial charge in [0.25, 0.3) is 0 Å². The molecule has 0 fully saturated rings. The molecular weight excluding hydrogens is 335 g/mol. The number of amides is 2. The Morgan fingerprint density at radius 1 is 1.30 bits per heavy atom. The van der Waals surface area contributed by atoms with Gasteiger partial charge in [0.2, 0.25) is 5.91 Å². The van der Waals surface area contributed by atoms with E-state index in [0.29, 0.717) is 0 Å². The van der Waals surface area contributed by atoms with Gasteiger partial charge in [-0.1, -0.05) is 13.8 Å². The van der Waals surface area contributed by atoms with Crippen molar-refractivity contribution in [3.63, 3.8) is 0 Å². The molecule has 23 heavy (non-hydrogen) atoms. The first kappa shape index (κ1) is 20.7. The van der Waals surface area contributed by atoms with Gasteiger partial charge in [-0.2, -0.15) is 0 Å². The third-order valence-electron chi connectivity index (χ3n) is 2.31. The average Bonchev–Trinajstić information content (AvgIpc) is 2.29. The molecule has 130 valence electrons. The van der Waals surface area contributed by atoms with E-state index in [1.807, 2.05) is 5.32 Å². The van der Waals surface area contributed by atoms with Crippen LogP contribution in [-0.4, -0.2) is 48.9 Å². The van der Waals surface area contributed by atoms with Crippen molar-refractivity contribution >= 4 is 22.1 Å². The van der Waals surface area contributed by atoms with Crippen LogP contribution in [0.2, 0.25) is 0 Å². The van der Waals surface area contributed by atoms with Gasteiger partial charge in [0.1, 0.15) is 11.6 Å². The van der Waals surface area contributed by atoms with E-state index in [2.05, 4.69) is 5.32 Å². The van der Waals surface area contributed by atoms with Crippen LogP contribution in [0.1, 0.15) is 43.8 Å². The second kappa shape index (κ2) is 10.5. The number of hydrogen-bond acceptors (Lipinski definition) is 6. The molecule has 0 aromatic rings. The van der Waals surface area contributed by atoms with Crippen LogP contribution in [0.15, 0.2) is 0 Å². The van der Waals surface area contributed by atoms with Crippen molar-refractivity contribution in [2.45, 2.75) is 52.7 Å². The van der Waals surface area contributed by atoms with Gasteiger partial charge in [-0.15, -0.1) is 0 Å². The largest absolute Gasteiger partial charge is 1.00 e. The minimum atomic E-state index is -4.60. The van der Waals surface area contributed by atoms with Gasteiger partial charge >= 0.3 is 35.7 Å². The van der Waals surface area contributed by atoms with E-state index in [1.165, 1.54) is 0 Å². The van der Waals surface area contributed by atoms with Crippen molar-refractivity contribution in [2.24, 2.45) is 5.92 Å². The Balaban J connectivity index is 0. The predicted octanol–water partition coefficient (Wildman–Crippen LogP) is -2.41. The molecule has 0 aliphatic heterocycles. The van der Waals surface area contributed by atoms with E-state index in [-0.39, 0.29) is 35.5 Å². The van der Waals surface area contributed by atoms with Gasteiger partial charge in [0.15, 0.2) is 0 Å². The maximum atomic E-state index is 12.2. The van der Waals surface area contributed by atoms with Gasteiger partial charge in [-0.3, -0.25) is 4.79 Å². The molecule has 0 aliphatic carbocycles. The Hall–Kier alpha value is -0.350. The molecule has 8 nitrogen and oxygen atoms in total. The van der Waals surface area contributed by atoms with Crippen LogP contribution in [0.3, 0.4) is 0 Å². The fourth-order valence-electron chi connectivity index (χ4n) is 1.37. The van der Waals surface area contributed by atoms with Crippen LogP contribution < -0.4 is 40.2 Å². The van der Waals surface area contributed by atoms with Crippen LogP contribution in [-0.2, 0) is 19.6 Å². The monoisotopic (exact) mass is 362 g/mol. The summed E-state index contributed by atoms with van der Waals surface area (Å²) in [5, 5.41) is 4.35. The summed E-state index contributed by atoms with van der Waals surface area (Å²) < 4.78 is 51.9. The molecule has 2 amide bonds. The maximum absolute atomic E-state index is 12.2. The number of carbonyl (C=O) groups excluding carboxylic acids is 2. The fourth-order valence-corrected chi connectivity index (χ4v) is 1.72. The molecule has 0 heterocycles. The summed E-state index contributed by atoms with van der Waals surface area (Å²) in [6.45, 7) is 5.83. The Labute approximate surface area is 163 Å². The summed E-state index contributed by atoms with van der Waals surface area (Å²) in [6, 6.07) is -1.08. The molecular formula is C13H25N2NaO6S. The van der Waals surface area contributed by atoms with Gasteiger partial charge in [0, 0.05) is 15.0 Å². The fraction of sp³-hybridized carbons (Fsp3) is 0.846. The molecule has 0 aliphatic rings. The van der Waals surface area contributed by atoms with Crippen molar-refractivity contribution in [1.29, 1.82) is 0 Å². The molecule has 0 rings (SSSR count). The zero-order valence-electron chi connectivity index (χ0n) is 16.4.